The highest BCUT2D eigenvalue weighted by molar-refractivity contribution is 5.37. The average Bonchev–Trinajstić information content (AvgIpc) is 2.31. The van der Waals surface area contributed by atoms with E-state index in [1.165, 1.54) is 36.0 Å². The smallest absolute Gasteiger partial charge is 0.00174 e. The van der Waals surface area contributed by atoms with Crippen molar-refractivity contribution in [3.63, 3.8) is 0 Å². The van der Waals surface area contributed by atoms with Crippen LogP contribution in [0.5, 0.6) is 0 Å². The lowest BCUT2D eigenvalue weighted by Crippen LogP contribution is -2.25. The van der Waals surface area contributed by atoms with Gasteiger partial charge in [-0.1, -0.05) is 38.0 Å². The molecule has 0 aromatic heterocycles. The number of hydrogen-bond acceptors (Lipinski definition) is 1. The van der Waals surface area contributed by atoms with E-state index in [0.29, 0.717) is 0 Å². The summed E-state index contributed by atoms with van der Waals surface area (Å²) in [6.45, 7) is 13.5. The van der Waals surface area contributed by atoms with Gasteiger partial charge in [-0.05, 0) is 69.3 Å². The van der Waals surface area contributed by atoms with Gasteiger partial charge in [0.2, 0.25) is 0 Å². The Kier molecular flexibility index (Phi) is 6.42. The zero-order valence-corrected chi connectivity index (χ0v) is 12.8. The molecule has 0 saturated heterocycles. The van der Waals surface area contributed by atoms with Crippen LogP contribution >= 0.6 is 0 Å². The first-order valence-corrected chi connectivity index (χ1v) is 7.35. The summed E-state index contributed by atoms with van der Waals surface area (Å²) in [5.41, 5.74) is 5.86. The van der Waals surface area contributed by atoms with Crippen molar-refractivity contribution in [1.82, 2.24) is 5.32 Å². The third-order valence-electron chi connectivity index (χ3n) is 3.77. The van der Waals surface area contributed by atoms with Crippen LogP contribution < -0.4 is 5.32 Å². The molecule has 1 atom stereocenters. The molecule has 0 aliphatic heterocycles. The Morgan fingerprint density at radius 1 is 1.06 bits per heavy atom. The monoisotopic (exact) mass is 247 g/mol. The van der Waals surface area contributed by atoms with E-state index in [1.807, 2.05) is 0 Å². The van der Waals surface area contributed by atoms with Gasteiger partial charge in [0.1, 0.15) is 0 Å². The van der Waals surface area contributed by atoms with Gasteiger partial charge in [-0.25, -0.2) is 0 Å². The van der Waals surface area contributed by atoms with Crippen molar-refractivity contribution < 1.29 is 0 Å². The number of benzene rings is 1. The van der Waals surface area contributed by atoms with Gasteiger partial charge in [0.15, 0.2) is 0 Å². The van der Waals surface area contributed by atoms with Crippen molar-refractivity contribution in [2.45, 2.75) is 53.9 Å². The molecule has 0 saturated carbocycles. The molecule has 0 aliphatic carbocycles. The van der Waals surface area contributed by atoms with Crippen LogP contribution in [-0.2, 0) is 6.42 Å². The number of rotatable bonds is 7. The van der Waals surface area contributed by atoms with Crippen LogP contribution in [0.3, 0.4) is 0 Å². The van der Waals surface area contributed by atoms with Crippen LogP contribution in [-0.4, -0.2) is 13.1 Å². The summed E-state index contributed by atoms with van der Waals surface area (Å²) >= 11 is 0. The van der Waals surface area contributed by atoms with Crippen molar-refractivity contribution in [3.8, 4) is 0 Å². The normalized spacial score (nSPS) is 12.7. The first-order chi connectivity index (χ1) is 8.58. The third-order valence-corrected chi connectivity index (χ3v) is 3.77. The van der Waals surface area contributed by atoms with Gasteiger partial charge in [-0.15, -0.1) is 0 Å². The topological polar surface area (TPSA) is 12.0 Å². The summed E-state index contributed by atoms with van der Waals surface area (Å²) < 4.78 is 0. The second-order valence-corrected chi connectivity index (χ2v) is 5.56. The molecule has 1 rings (SSSR count). The molecule has 0 heterocycles. The van der Waals surface area contributed by atoms with Crippen molar-refractivity contribution in [1.29, 1.82) is 0 Å². The van der Waals surface area contributed by atoms with E-state index in [1.54, 1.807) is 5.56 Å². The van der Waals surface area contributed by atoms with Gasteiger partial charge in [-0.2, -0.15) is 0 Å². The molecule has 0 bridgehead atoms. The molecule has 1 aromatic rings. The fraction of sp³-hybridized carbons (Fsp3) is 0.647. The predicted octanol–water partition coefficient (Wildman–Crippen LogP) is 4.18. The minimum Gasteiger partial charge on any atom is -0.316 e. The maximum Gasteiger partial charge on any atom is -0.00174 e. The van der Waals surface area contributed by atoms with Crippen molar-refractivity contribution in [2.24, 2.45) is 5.92 Å². The van der Waals surface area contributed by atoms with Gasteiger partial charge in [-0.3, -0.25) is 0 Å². The number of nitrogens with one attached hydrogen (secondary N) is 1. The van der Waals surface area contributed by atoms with Crippen molar-refractivity contribution >= 4 is 0 Å². The van der Waals surface area contributed by atoms with Crippen molar-refractivity contribution in [3.05, 3.63) is 34.4 Å². The second-order valence-electron chi connectivity index (χ2n) is 5.56. The fourth-order valence-corrected chi connectivity index (χ4v) is 2.66. The molecule has 0 fully saturated rings. The maximum absolute atomic E-state index is 3.56. The van der Waals surface area contributed by atoms with E-state index in [9.17, 15) is 0 Å². The summed E-state index contributed by atoms with van der Waals surface area (Å²) in [6.07, 6.45) is 3.69. The molecule has 1 heteroatoms. The van der Waals surface area contributed by atoms with Gasteiger partial charge < -0.3 is 5.32 Å². The van der Waals surface area contributed by atoms with Crippen LogP contribution in [0.1, 0.15) is 48.9 Å². The van der Waals surface area contributed by atoms with E-state index in [0.717, 1.165) is 19.0 Å². The van der Waals surface area contributed by atoms with Crippen LogP contribution in [0.15, 0.2) is 12.1 Å². The predicted molar refractivity (Wildman–Crippen MR) is 81.3 cm³/mol. The zero-order valence-electron chi connectivity index (χ0n) is 12.8. The van der Waals surface area contributed by atoms with Gasteiger partial charge in [0, 0.05) is 0 Å². The molecule has 0 aliphatic rings. The van der Waals surface area contributed by atoms with Gasteiger partial charge in [0.25, 0.3) is 0 Å². The second kappa shape index (κ2) is 7.58. The Morgan fingerprint density at radius 2 is 1.67 bits per heavy atom. The maximum atomic E-state index is 3.56. The number of hydrogen-bond donors (Lipinski definition) is 1. The SMILES string of the molecule is CCCNCC(CC)Cc1c(C)cc(C)cc1C. The molecule has 1 aromatic carbocycles. The molecule has 0 radical (unpaired) electrons. The summed E-state index contributed by atoms with van der Waals surface area (Å²) in [6, 6.07) is 4.63. The van der Waals surface area contributed by atoms with Crippen LogP contribution in [0.4, 0.5) is 0 Å². The highest BCUT2D eigenvalue weighted by Crippen LogP contribution is 2.21. The standard InChI is InChI=1S/C17H29N/c1-6-8-18-12-16(7-2)11-17-14(4)9-13(3)10-15(17)5/h9-10,16,18H,6-8,11-12H2,1-5H3. The largest absolute Gasteiger partial charge is 0.316 e. The van der Waals surface area contributed by atoms with Crippen LogP contribution in [0, 0.1) is 26.7 Å². The Morgan fingerprint density at radius 3 is 2.17 bits per heavy atom. The zero-order chi connectivity index (χ0) is 13.5. The lowest BCUT2D eigenvalue weighted by atomic mass is 9.90. The lowest BCUT2D eigenvalue weighted by Gasteiger charge is -2.19. The summed E-state index contributed by atoms with van der Waals surface area (Å²) in [7, 11) is 0. The Bertz CT molecular complexity index is 345. The first-order valence-electron chi connectivity index (χ1n) is 7.35. The summed E-state index contributed by atoms with van der Waals surface area (Å²) in [5.74, 6) is 0.761. The molecule has 1 nitrogen and oxygen atoms in total. The number of aryl methyl sites for hydroxylation is 3. The minimum absolute atomic E-state index is 0.761. The van der Waals surface area contributed by atoms with E-state index < -0.39 is 0 Å². The molecule has 1 unspecified atom stereocenters. The fourth-order valence-electron chi connectivity index (χ4n) is 2.66. The molecular weight excluding hydrogens is 218 g/mol. The summed E-state index contributed by atoms with van der Waals surface area (Å²) in [5, 5.41) is 3.56. The molecule has 18 heavy (non-hydrogen) atoms. The van der Waals surface area contributed by atoms with E-state index in [2.05, 4.69) is 52.1 Å². The molecule has 0 spiro atoms. The Labute approximate surface area is 113 Å². The lowest BCUT2D eigenvalue weighted by molar-refractivity contribution is 0.459. The molecule has 0 amide bonds. The highest BCUT2D eigenvalue weighted by atomic mass is 14.8. The Hall–Kier alpha value is -0.820. The quantitative estimate of drug-likeness (QED) is 0.713. The molecule has 102 valence electrons. The Balaban J connectivity index is 2.69. The van der Waals surface area contributed by atoms with Gasteiger partial charge >= 0.3 is 0 Å². The first kappa shape index (κ1) is 15.2. The van der Waals surface area contributed by atoms with Gasteiger partial charge in [0.05, 0.1) is 0 Å². The third kappa shape index (κ3) is 4.45. The summed E-state index contributed by atoms with van der Waals surface area (Å²) in [4.78, 5) is 0. The minimum atomic E-state index is 0.761. The highest BCUT2D eigenvalue weighted by Gasteiger charge is 2.11. The van der Waals surface area contributed by atoms with E-state index >= 15 is 0 Å². The van der Waals surface area contributed by atoms with Crippen LogP contribution in [0.2, 0.25) is 0 Å². The van der Waals surface area contributed by atoms with E-state index in [-0.39, 0.29) is 0 Å². The van der Waals surface area contributed by atoms with E-state index in [4.69, 9.17) is 0 Å². The average molecular weight is 247 g/mol. The van der Waals surface area contributed by atoms with Crippen molar-refractivity contribution in [2.75, 3.05) is 13.1 Å². The van der Waals surface area contributed by atoms with Crippen LogP contribution in [0.25, 0.3) is 0 Å². The molecule has 1 N–H and O–H groups in total. The molecular formula is C17H29N.